The number of H-pyrrole nitrogens is 1. The van der Waals surface area contributed by atoms with Crippen molar-refractivity contribution in [2.24, 2.45) is 0 Å². The van der Waals surface area contributed by atoms with Crippen LogP contribution in [0.5, 0.6) is 0 Å². The van der Waals surface area contributed by atoms with Crippen LogP contribution in [0.2, 0.25) is 0 Å². The second kappa shape index (κ2) is 8.04. The van der Waals surface area contributed by atoms with Crippen LogP contribution in [0.15, 0.2) is 54.7 Å². The van der Waals surface area contributed by atoms with Crippen molar-refractivity contribution in [3.63, 3.8) is 0 Å². The Hall–Kier alpha value is -2.14. The van der Waals surface area contributed by atoms with Crippen LogP contribution in [-0.4, -0.2) is 35.7 Å². The lowest BCUT2D eigenvalue weighted by atomic mass is 10.1. The minimum atomic E-state index is 0.338. The summed E-state index contributed by atoms with van der Waals surface area (Å²) in [6.07, 6.45) is 2.34. The number of hydrogen-bond acceptors (Lipinski definition) is 3. The van der Waals surface area contributed by atoms with Crippen molar-refractivity contribution >= 4 is 10.9 Å². The van der Waals surface area contributed by atoms with E-state index in [-0.39, 0.29) is 0 Å². The van der Waals surface area contributed by atoms with Gasteiger partial charge in [-0.05, 0) is 35.7 Å². The Bertz CT molecular complexity index is 857. The number of benzene rings is 2. The molecule has 2 heterocycles. The lowest BCUT2D eigenvalue weighted by Gasteiger charge is -2.31. The maximum Gasteiger partial charge on any atom is 0.0674 e. The molecular formula is C22H27N3O. The molecule has 2 N–H and O–H groups in total. The van der Waals surface area contributed by atoms with E-state index in [4.69, 9.17) is 4.74 Å². The summed E-state index contributed by atoms with van der Waals surface area (Å²) in [5, 5.41) is 4.89. The monoisotopic (exact) mass is 349 g/mol. The van der Waals surface area contributed by atoms with E-state index in [9.17, 15) is 0 Å². The van der Waals surface area contributed by atoms with Crippen LogP contribution in [0, 0.1) is 0 Å². The highest BCUT2D eigenvalue weighted by Gasteiger charge is 2.16. The first-order valence-corrected chi connectivity index (χ1v) is 9.45. The third-order valence-corrected chi connectivity index (χ3v) is 5.05. The summed E-state index contributed by atoms with van der Waals surface area (Å²) in [6, 6.07) is 17.5. The molecule has 3 aromatic rings. The number of ether oxygens (including phenoxy) is 1. The second-order valence-corrected chi connectivity index (χ2v) is 7.20. The molecular weight excluding hydrogens is 322 g/mol. The number of nitrogens with one attached hydrogen (secondary N) is 2. The van der Waals surface area contributed by atoms with E-state index in [1.54, 1.807) is 0 Å². The van der Waals surface area contributed by atoms with E-state index in [0.29, 0.717) is 6.10 Å². The summed E-state index contributed by atoms with van der Waals surface area (Å²) in [7, 11) is 0. The predicted molar refractivity (Wildman–Crippen MR) is 106 cm³/mol. The topological polar surface area (TPSA) is 40.3 Å². The zero-order valence-corrected chi connectivity index (χ0v) is 15.4. The Labute approximate surface area is 155 Å². The van der Waals surface area contributed by atoms with Crippen LogP contribution < -0.4 is 5.32 Å². The van der Waals surface area contributed by atoms with Crippen LogP contribution in [0.1, 0.15) is 23.6 Å². The highest BCUT2D eigenvalue weighted by Crippen LogP contribution is 2.17. The molecule has 1 aliphatic heterocycles. The zero-order valence-electron chi connectivity index (χ0n) is 15.4. The molecule has 2 aromatic carbocycles. The summed E-state index contributed by atoms with van der Waals surface area (Å²) in [5.74, 6) is 0. The molecule has 1 saturated heterocycles. The molecule has 1 atom stereocenters. The average Bonchev–Trinajstić information content (AvgIpc) is 3.12. The van der Waals surface area contributed by atoms with Gasteiger partial charge in [0.2, 0.25) is 0 Å². The van der Waals surface area contributed by atoms with E-state index in [2.05, 4.69) is 70.7 Å². The van der Waals surface area contributed by atoms with Crippen molar-refractivity contribution in [2.75, 3.05) is 19.7 Å². The third-order valence-electron chi connectivity index (χ3n) is 5.05. The first kappa shape index (κ1) is 17.3. The van der Waals surface area contributed by atoms with Crippen LogP contribution in [0.3, 0.4) is 0 Å². The van der Waals surface area contributed by atoms with Crippen LogP contribution in [0.4, 0.5) is 0 Å². The Morgan fingerprint density at radius 1 is 1.12 bits per heavy atom. The van der Waals surface area contributed by atoms with Gasteiger partial charge in [-0.2, -0.15) is 0 Å². The molecule has 26 heavy (non-hydrogen) atoms. The number of aromatic nitrogens is 1. The Balaban J connectivity index is 1.34. The molecule has 4 nitrogen and oxygen atoms in total. The van der Waals surface area contributed by atoms with Gasteiger partial charge in [0.25, 0.3) is 0 Å². The van der Waals surface area contributed by atoms with Crippen LogP contribution in [0.25, 0.3) is 10.9 Å². The molecule has 1 fully saturated rings. The number of aromatic amines is 1. The van der Waals surface area contributed by atoms with Gasteiger partial charge in [0.15, 0.2) is 0 Å². The number of morpholine rings is 1. The molecule has 0 radical (unpaired) electrons. The summed E-state index contributed by atoms with van der Waals surface area (Å²) < 4.78 is 5.64. The highest BCUT2D eigenvalue weighted by molar-refractivity contribution is 5.82. The highest BCUT2D eigenvalue weighted by atomic mass is 16.5. The van der Waals surface area contributed by atoms with E-state index < -0.39 is 0 Å². The molecule has 4 rings (SSSR count). The van der Waals surface area contributed by atoms with Crippen molar-refractivity contribution < 1.29 is 4.74 Å². The summed E-state index contributed by atoms with van der Waals surface area (Å²) in [6.45, 7) is 7.79. The molecule has 1 aromatic heterocycles. The van der Waals surface area contributed by atoms with Gasteiger partial charge in [0.1, 0.15) is 0 Å². The van der Waals surface area contributed by atoms with E-state index in [1.165, 1.54) is 27.6 Å². The van der Waals surface area contributed by atoms with Crippen molar-refractivity contribution in [1.82, 2.24) is 15.2 Å². The molecule has 4 heteroatoms. The standard InChI is InChI=1S/C22H27N3O/c1-17-15-25(10-11-26-17)16-19-5-2-4-18(12-19)13-23-14-20-6-3-7-22-21(20)8-9-24-22/h2-9,12,17,23-24H,10-11,13-16H2,1H3. The number of nitrogens with zero attached hydrogens (tertiary/aromatic N) is 1. The minimum Gasteiger partial charge on any atom is -0.376 e. The fourth-order valence-corrected chi connectivity index (χ4v) is 3.78. The van der Waals surface area contributed by atoms with Crippen molar-refractivity contribution in [3.05, 3.63) is 71.4 Å². The Morgan fingerprint density at radius 2 is 2.00 bits per heavy atom. The van der Waals surface area contributed by atoms with Gasteiger partial charge < -0.3 is 15.0 Å². The fraction of sp³-hybridized carbons (Fsp3) is 0.364. The molecule has 0 bridgehead atoms. The van der Waals surface area contributed by atoms with Crippen molar-refractivity contribution in [2.45, 2.75) is 32.7 Å². The lowest BCUT2D eigenvalue weighted by Crippen LogP contribution is -2.40. The van der Waals surface area contributed by atoms with Gasteiger partial charge in [-0.25, -0.2) is 0 Å². The quantitative estimate of drug-likeness (QED) is 0.713. The summed E-state index contributed by atoms with van der Waals surface area (Å²) in [4.78, 5) is 5.76. The molecule has 0 aliphatic carbocycles. The van der Waals surface area contributed by atoms with Gasteiger partial charge in [0, 0.05) is 49.8 Å². The smallest absolute Gasteiger partial charge is 0.0674 e. The van der Waals surface area contributed by atoms with E-state index >= 15 is 0 Å². The number of fused-ring (bicyclic) bond motifs is 1. The minimum absolute atomic E-state index is 0.338. The fourth-order valence-electron chi connectivity index (χ4n) is 3.78. The van der Waals surface area contributed by atoms with Gasteiger partial charge in [-0.15, -0.1) is 0 Å². The van der Waals surface area contributed by atoms with Gasteiger partial charge in [-0.3, -0.25) is 4.90 Å². The van der Waals surface area contributed by atoms with E-state index in [0.717, 1.165) is 39.3 Å². The summed E-state index contributed by atoms with van der Waals surface area (Å²) >= 11 is 0. The predicted octanol–water partition coefficient (Wildman–Crippen LogP) is 3.68. The number of rotatable bonds is 6. The lowest BCUT2D eigenvalue weighted by molar-refractivity contribution is -0.0212. The van der Waals surface area contributed by atoms with Crippen molar-refractivity contribution in [3.8, 4) is 0 Å². The molecule has 0 saturated carbocycles. The average molecular weight is 349 g/mol. The maximum absolute atomic E-state index is 5.64. The Kier molecular flexibility index (Phi) is 5.34. The second-order valence-electron chi connectivity index (χ2n) is 7.20. The number of hydrogen-bond donors (Lipinski definition) is 2. The first-order chi connectivity index (χ1) is 12.8. The van der Waals surface area contributed by atoms with Gasteiger partial charge in [0.05, 0.1) is 12.7 Å². The van der Waals surface area contributed by atoms with Crippen molar-refractivity contribution in [1.29, 1.82) is 0 Å². The molecule has 0 spiro atoms. The molecule has 0 amide bonds. The van der Waals surface area contributed by atoms with Crippen LogP contribution in [-0.2, 0) is 24.4 Å². The maximum atomic E-state index is 5.64. The normalized spacial score (nSPS) is 18.4. The van der Waals surface area contributed by atoms with Crippen LogP contribution >= 0.6 is 0 Å². The SMILES string of the molecule is CC1CN(Cc2cccc(CNCc3cccc4[nH]ccc34)c2)CCO1. The van der Waals surface area contributed by atoms with Gasteiger partial charge in [-0.1, -0.05) is 36.4 Å². The first-order valence-electron chi connectivity index (χ1n) is 9.45. The largest absolute Gasteiger partial charge is 0.376 e. The van der Waals surface area contributed by atoms with Gasteiger partial charge >= 0.3 is 0 Å². The Morgan fingerprint density at radius 3 is 2.92 bits per heavy atom. The molecule has 1 unspecified atom stereocenters. The molecule has 1 aliphatic rings. The zero-order chi connectivity index (χ0) is 17.8. The summed E-state index contributed by atoms with van der Waals surface area (Å²) in [5.41, 5.74) is 5.25. The van der Waals surface area contributed by atoms with E-state index in [1.807, 2.05) is 6.20 Å². The third kappa shape index (κ3) is 4.15. The molecule has 136 valence electrons.